The predicted octanol–water partition coefficient (Wildman–Crippen LogP) is 3.30. The van der Waals surface area contributed by atoms with Crippen molar-refractivity contribution in [2.24, 2.45) is 5.10 Å². The van der Waals surface area contributed by atoms with Crippen LogP contribution in [0.5, 0.6) is 0 Å². The molecule has 0 aliphatic heterocycles. The van der Waals surface area contributed by atoms with Crippen molar-refractivity contribution in [2.45, 2.75) is 6.92 Å². The third-order valence-corrected chi connectivity index (χ3v) is 4.09. The van der Waals surface area contributed by atoms with E-state index in [1.807, 2.05) is 25.1 Å². The maximum Gasteiger partial charge on any atom is 0.259 e. The molecule has 22 heavy (non-hydrogen) atoms. The molecule has 0 aliphatic rings. The smallest absolute Gasteiger partial charge is 0.259 e. The molecule has 0 heterocycles. The van der Waals surface area contributed by atoms with Gasteiger partial charge in [0.05, 0.1) is 12.8 Å². The fourth-order valence-corrected chi connectivity index (χ4v) is 2.04. The molecule has 0 saturated heterocycles. The van der Waals surface area contributed by atoms with Crippen LogP contribution in [0.3, 0.4) is 0 Å². The summed E-state index contributed by atoms with van der Waals surface area (Å²) in [5.74, 6) is -0.562. The molecule has 0 aromatic heterocycles. The maximum atomic E-state index is 12.7. The highest BCUT2D eigenvalue weighted by Gasteiger charge is 2.01. The van der Waals surface area contributed by atoms with E-state index < -0.39 is 0 Å². The van der Waals surface area contributed by atoms with Crippen molar-refractivity contribution in [3.8, 4) is 0 Å². The van der Waals surface area contributed by atoms with Crippen LogP contribution in [-0.2, 0) is 4.79 Å². The molecule has 114 valence electrons. The number of hydrogen-bond acceptors (Lipinski definition) is 3. The van der Waals surface area contributed by atoms with Crippen LogP contribution in [0.1, 0.15) is 11.1 Å². The SMILES string of the molecule is Cc1cc(NCC(=O)N/N=C/c2ccc(F)cc2)ccc1I. The number of nitrogens with one attached hydrogen (secondary N) is 2. The van der Waals surface area contributed by atoms with Gasteiger partial charge in [0.25, 0.3) is 5.91 Å². The number of rotatable bonds is 5. The molecule has 0 bridgehead atoms. The number of hydrazone groups is 1. The highest BCUT2D eigenvalue weighted by Crippen LogP contribution is 2.16. The minimum Gasteiger partial charge on any atom is -0.376 e. The number of nitrogens with zero attached hydrogens (tertiary/aromatic N) is 1. The molecule has 2 rings (SSSR count). The number of benzene rings is 2. The van der Waals surface area contributed by atoms with Crippen LogP contribution in [0.15, 0.2) is 47.6 Å². The van der Waals surface area contributed by atoms with Gasteiger partial charge in [-0.05, 0) is 71.0 Å². The summed E-state index contributed by atoms with van der Waals surface area (Å²) < 4.78 is 13.9. The third kappa shape index (κ3) is 5.10. The second-order valence-electron chi connectivity index (χ2n) is 4.66. The Balaban J connectivity index is 1.80. The molecule has 0 fully saturated rings. The van der Waals surface area contributed by atoms with Crippen molar-refractivity contribution in [1.29, 1.82) is 0 Å². The van der Waals surface area contributed by atoms with E-state index in [4.69, 9.17) is 0 Å². The molecule has 0 saturated carbocycles. The normalized spacial score (nSPS) is 10.7. The van der Waals surface area contributed by atoms with Crippen LogP contribution >= 0.6 is 22.6 Å². The summed E-state index contributed by atoms with van der Waals surface area (Å²) in [5, 5.41) is 6.86. The van der Waals surface area contributed by atoms with Crippen molar-refractivity contribution in [3.05, 3.63) is 63.0 Å². The second kappa shape index (κ2) is 7.88. The largest absolute Gasteiger partial charge is 0.376 e. The van der Waals surface area contributed by atoms with Gasteiger partial charge in [-0.3, -0.25) is 4.79 Å². The number of carbonyl (C=O) groups excluding carboxylic acids is 1. The van der Waals surface area contributed by atoms with Crippen LogP contribution in [0.25, 0.3) is 0 Å². The van der Waals surface area contributed by atoms with Crippen LogP contribution in [0.4, 0.5) is 10.1 Å². The van der Waals surface area contributed by atoms with Crippen molar-refractivity contribution in [3.63, 3.8) is 0 Å². The van der Waals surface area contributed by atoms with E-state index in [0.717, 1.165) is 11.3 Å². The Morgan fingerprint density at radius 3 is 2.68 bits per heavy atom. The minimum atomic E-state index is -0.307. The summed E-state index contributed by atoms with van der Waals surface area (Å²) in [5.41, 5.74) is 5.16. The van der Waals surface area contributed by atoms with Gasteiger partial charge in [0.2, 0.25) is 0 Å². The molecule has 0 atom stereocenters. The monoisotopic (exact) mass is 411 g/mol. The molecule has 0 radical (unpaired) electrons. The summed E-state index contributed by atoms with van der Waals surface area (Å²) in [6.45, 7) is 2.14. The van der Waals surface area contributed by atoms with Crippen molar-refractivity contribution in [2.75, 3.05) is 11.9 Å². The summed E-state index contributed by atoms with van der Waals surface area (Å²) >= 11 is 2.26. The van der Waals surface area contributed by atoms with E-state index >= 15 is 0 Å². The number of amides is 1. The molecular formula is C16H15FIN3O. The lowest BCUT2D eigenvalue weighted by molar-refractivity contribution is -0.119. The van der Waals surface area contributed by atoms with Gasteiger partial charge < -0.3 is 5.32 Å². The van der Waals surface area contributed by atoms with Gasteiger partial charge >= 0.3 is 0 Å². The first-order valence-electron chi connectivity index (χ1n) is 6.62. The molecule has 0 unspecified atom stereocenters. The van der Waals surface area contributed by atoms with Crippen LogP contribution in [0, 0.1) is 16.3 Å². The van der Waals surface area contributed by atoms with Gasteiger partial charge in [0.15, 0.2) is 0 Å². The Morgan fingerprint density at radius 1 is 1.27 bits per heavy atom. The summed E-state index contributed by atoms with van der Waals surface area (Å²) in [6, 6.07) is 11.7. The highest BCUT2D eigenvalue weighted by atomic mass is 127. The molecule has 4 nitrogen and oxygen atoms in total. The number of hydrogen-bond donors (Lipinski definition) is 2. The molecular weight excluding hydrogens is 396 g/mol. The molecule has 0 aliphatic carbocycles. The Morgan fingerprint density at radius 2 is 2.00 bits per heavy atom. The third-order valence-electron chi connectivity index (χ3n) is 2.88. The fraction of sp³-hybridized carbons (Fsp3) is 0.125. The first kappa shape index (κ1) is 16.4. The second-order valence-corrected chi connectivity index (χ2v) is 5.82. The Bertz CT molecular complexity index is 686. The van der Waals surface area contributed by atoms with Gasteiger partial charge in [0, 0.05) is 9.26 Å². The van der Waals surface area contributed by atoms with E-state index in [-0.39, 0.29) is 18.3 Å². The first-order valence-corrected chi connectivity index (χ1v) is 7.70. The maximum absolute atomic E-state index is 12.7. The lowest BCUT2D eigenvalue weighted by atomic mass is 10.2. The van der Waals surface area contributed by atoms with E-state index in [1.165, 1.54) is 21.9 Å². The van der Waals surface area contributed by atoms with Crippen LogP contribution < -0.4 is 10.7 Å². The summed E-state index contributed by atoms with van der Waals surface area (Å²) in [7, 11) is 0. The lowest BCUT2D eigenvalue weighted by Crippen LogP contribution is -2.25. The zero-order valence-corrected chi connectivity index (χ0v) is 14.1. The summed E-state index contributed by atoms with van der Waals surface area (Å²) in [6.07, 6.45) is 1.46. The van der Waals surface area contributed by atoms with Gasteiger partial charge in [-0.25, -0.2) is 9.82 Å². The van der Waals surface area contributed by atoms with Crippen molar-refractivity contribution in [1.82, 2.24) is 5.43 Å². The Labute approximate surface area is 142 Å². The van der Waals surface area contributed by atoms with E-state index in [9.17, 15) is 9.18 Å². The molecule has 2 aromatic carbocycles. The average Bonchev–Trinajstić information content (AvgIpc) is 2.50. The van der Waals surface area contributed by atoms with Crippen LogP contribution in [-0.4, -0.2) is 18.7 Å². The quantitative estimate of drug-likeness (QED) is 0.451. The first-order chi connectivity index (χ1) is 10.5. The van der Waals surface area contributed by atoms with E-state index in [2.05, 4.69) is 38.4 Å². The molecule has 6 heteroatoms. The van der Waals surface area contributed by atoms with Crippen LogP contribution in [0.2, 0.25) is 0 Å². The molecule has 1 amide bonds. The average molecular weight is 411 g/mol. The minimum absolute atomic E-state index is 0.126. The zero-order valence-electron chi connectivity index (χ0n) is 11.9. The topological polar surface area (TPSA) is 53.5 Å². The molecule has 0 spiro atoms. The molecule has 2 aromatic rings. The van der Waals surface area contributed by atoms with E-state index in [0.29, 0.717) is 5.56 Å². The van der Waals surface area contributed by atoms with Gasteiger partial charge in [-0.15, -0.1) is 0 Å². The highest BCUT2D eigenvalue weighted by molar-refractivity contribution is 14.1. The number of aryl methyl sites for hydroxylation is 1. The summed E-state index contributed by atoms with van der Waals surface area (Å²) in [4.78, 5) is 11.7. The predicted molar refractivity (Wildman–Crippen MR) is 94.5 cm³/mol. The number of anilines is 1. The van der Waals surface area contributed by atoms with Gasteiger partial charge in [-0.1, -0.05) is 12.1 Å². The standard InChI is InChI=1S/C16H15FIN3O/c1-11-8-14(6-7-15(11)18)19-10-16(22)21-20-9-12-2-4-13(17)5-3-12/h2-9,19H,10H2,1H3,(H,21,22)/b20-9+. The Hall–Kier alpha value is -1.96. The van der Waals surface area contributed by atoms with Gasteiger partial charge in [0.1, 0.15) is 5.82 Å². The fourth-order valence-electron chi connectivity index (χ4n) is 1.70. The van der Waals surface area contributed by atoms with Crippen molar-refractivity contribution >= 4 is 40.4 Å². The van der Waals surface area contributed by atoms with Crippen molar-refractivity contribution < 1.29 is 9.18 Å². The Kier molecular flexibility index (Phi) is 5.88. The number of halogens is 2. The number of carbonyl (C=O) groups is 1. The van der Waals surface area contributed by atoms with Gasteiger partial charge in [-0.2, -0.15) is 5.10 Å². The molecule has 2 N–H and O–H groups in total. The zero-order chi connectivity index (χ0) is 15.9. The van der Waals surface area contributed by atoms with E-state index in [1.54, 1.807) is 12.1 Å². The lowest BCUT2D eigenvalue weighted by Gasteiger charge is -2.07.